The highest BCUT2D eigenvalue weighted by Gasteiger charge is 2.07. The summed E-state index contributed by atoms with van der Waals surface area (Å²) in [5, 5.41) is 7.12. The summed E-state index contributed by atoms with van der Waals surface area (Å²) >= 11 is 0. The number of nitrogens with two attached hydrogens (primary N) is 1. The van der Waals surface area contributed by atoms with Crippen LogP contribution in [0.4, 0.5) is 5.69 Å². The van der Waals surface area contributed by atoms with Crippen molar-refractivity contribution in [3.05, 3.63) is 48.3 Å². The molecule has 0 saturated carbocycles. The largest absolute Gasteiger partial charge is 0.330 e. The van der Waals surface area contributed by atoms with Gasteiger partial charge in [-0.1, -0.05) is 37.3 Å². The van der Waals surface area contributed by atoms with E-state index in [9.17, 15) is 4.79 Å². The number of nitrogens with one attached hydrogen (secondary N) is 1. The topological polar surface area (TPSA) is 72.9 Å². The molecule has 0 fully saturated rings. The fourth-order valence-corrected chi connectivity index (χ4v) is 2.00. The third kappa shape index (κ3) is 5.04. The SMILES string of the molecule is CC(CN)CCC(=O)Nc1cnn(Cc2ccccc2)c1. The average molecular weight is 286 g/mol. The number of carbonyl (C=O) groups excluding carboxylic acids is 1. The lowest BCUT2D eigenvalue weighted by molar-refractivity contribution is -0.116. The Morgan fingerprint density at radius 2 is 2.14 bits per heavy atom. The molecule has 0 radical (unpaired) electrons. The van der Waals surface area contributed by atoms with Crippen molar-refractivity contribution in [3.63, 3.8) is 0 Å². The zero-order chi connectivity index (χ0) is 15.1. The Morgan fingerprint density at radius 3 is 2.86 bits per heavy atom. The van der Waals surface area contributed by atoms with Gasteiger partial charge in [0.1, 0.15) is 0 Å². The van der Waals surface area contributed by atoms with Crippen molar-refractivity contribution in [2.75, 3.05) is 11.9 Å². The highest BCUT2D eigenvalue weighted by Crippen LogP contribution is 2.10. The van der Waals surface area contributed by atoms with E-state index in [1.807, 2.05) is 48.1 Å². The van der Waals surface area contributed by atoms with Crippen molar-refractivity contribution in [2.24, 2.45) is 11.7 Å². The summed E-state index contributed by atoms with van der Waals surface area (Å²) in [6.45, 7) is 3.36. The molecular formula is C16H22N4O. The second-order valence-electron chi connectivity index (χ2n) is 5.34. The molecule has 2 rings (SSSR count). The van der Waals surface area contributed by atoms with E-state index in [0.29, 0.717) is 25.4 Å². The lowest BCUT2D eigenvalue weighted by Crippen LogP contribution is -2.16. The number of nitrogens with zero attached hydrogens (tertiary/aromatic N) is 2. The maximum Gasteiger partial charge on any atom is 0.224 e. The molecule has 3 N–H and O–H groups in total. The summed E-state index contributed by atoms with van der Waals surface area (Å²) in [7, 11) is 0. The Kier molecular flexibility index (Phi) is 5.51. The van der Waals surface area contributed by atoms with Gasteiger partial charge in [0, 0.05) is 12.6 Å². The molecule has 0 aliphatic carbocycles. The molecule has 112 valence electrons. The van der Waals surface area contributed by atoms with E-state index in [2.05, 4.69) is 10.4 Å². The lowest BCUT2D eigenvalue weighted by atomic mass is 10.1. The van der Waals surface area contributed by atoms with Gasteiger partial charge in [-0.05, 0) is 24.4 Å². The molecule has 1 heterocycles. The van der Waals surface area contributed by atoms with Crippen LogP contribution in [0.1, 0.15) is 25.3 Å². The van der Waals surface area contributed by atoms with Gasteiger partial charge in [0.05, 0.1) is 18.4 Å². The van der Waals surface area contributed by atoms with Crippen molar-refractivity contribution in [1.82, 2.24) is 9.78 Å². The first-order valence-corrected chi connectivity index (χ1v) is 7.23. The van der Waals surface area contributed by atoms with Gasteiger partial charge in [-0.25, -0.2) is 0 Å². The minimum Gasteiger partial charge on any atom is -0.330 e. The zero-order valence-electron chi connectivity index (χ0n) is 12.3. The van der Waals surface area contributed by atoms with E-state index < -0.39 is 0 Å². The number of benzene rings is 1. The van der Waals surface area contributed by atoms with Crippen molar-refractivity contribution in [2.45, 2.75) is 26.3 Å². The number of amides is 1. The Labute approximate surface area is 125 Å². The van der Waals surface area contributed by atoms with E-state index in [0.717, 1.165) is 12.1 Å². The number of anilines is 1. The molecule has 1 unspecified atom stereocenters. The molecule has 0 saturated heterocycles. The van der Waals surface area contributed by atoms with Crippen LogP contribution in [-0.2, 0) is 11.3 Å². The average Bonchev–Trinajstić information content (AvgIpc) is 2.92. The molecule has 0 bridgehead atoms. The fraction of sp³-hybridized carbons (Fsp3) is 0.375. The van der Waals surface area contributed by atoms with Crippen molar-refractivity contribution in [3.8, 4) is 0 Å². The van der Waals surface area contributed by atoms with Crippen LogP contribution in [0.5, 0.6) is 0 Å². The van der Waals surface area contributed by atoms with E-state index >= 15 is 0 Å². The van der Waals surface area contributed by atoms with Gasteiger partial charge in [0.25, 0.3) is 0 Å². The number of rotatable bonds is 7. The highest BCUT2D eigenvalue weighted by molar-refractivity contribution is 5.90. The predicted octanol–water partition coefficient (Wildman–Crippen LogP) is 2.24. The molecule has 21 heavy (non-hydrogen) atoms. The minimum absolute atomic E-state index is 0.00885. The molecule has 1 atom stereocenters. The van der Waals surface area contributed by atoms with Gasteiger partial charge in [-0.3, -0.25) is 9.48 Å². The minimum atomic E-state index is 0.00885. The van der Waals surface area contributed by atoms with E-state index in [4.69, 9.17) is 5.73 Å². The Morgan fingerprint density at radius 1 is 1.38 bits per heavy atom. The number of aromatic nitrogens is 2. The van der Waals surface area contributed by atoms with Crippen molar-refractivity contribution in [1.29, 1.82) is 0 Å². The lowest BCUT2D eigenvalue weighted by Gasteiger charge is -2.07. The van der Waals surface area contributed by atoms with Crippen LogP contribution in [-0.4, -0.2) is 22.2 Å². The summed E-state index contributed by atoms with van der Waals surface area (Å²) in [5.74, 6) is 0.381. The van der Waals surface area contributed by atoms with Gasteiger partial charge in [-0.15, -0.1) is 0 Å². The van der Waals surface area contributed by atoms with Crippen LogP contribution >= 0.6 is 0 Å². The van der Waals surface area contributed by atoms with Crippen LogP contribution in [0.2, 0.25) is 0 Å². The molecule has 0 aliphatic rings. The molecule has 0 aliphatic heterocycles. The van der Waals surface area contributed by atoms with Crippen molar-refractivity contribution >= 4 is 11.6 Å². The third-order valence-electron chi connectivity index (χ3n) is 3.37. The first-order valence-electron chi connectivity index (χ1n) is 7.23. The number of hydrogen-bond donors (Lipinski definition) is 2. The highest BCUT2D eigenvalue weighted by atomic mass is 16.1. The third-order valence-corrected chi connectivity index (χ3v) is 3.37. The zero-order valence-corrected chi connectivity index (χ0v) is 12.3. The molecule has 0 spiro atoms. The molecule has 5 nitrogen and oxygen atoms in total. The fourth-order valence-electron chi connectivity index (χ4n) is 2.00. The molecule has 1 aromatic heterocycles. The van der Waals surface area contributed by atoms with Crippen LogP contribution in [0.15, 0.2) is 42.7 Å². The monoisotopic (exact) mass is 286 g/mol. The smallest absolute Gasteiger partial charge is 0.224 e. The molecule has 2 aromatic rings. The maximum atomic E-state index is 11.8. The summed E-state index contributed by atoms with van der Waals surface area (Å²) in [6.07, 6.45) is 4.81. The quantitative estimate of drug-likeness (QED) is 0.820. The second kappa shape index (κ2) is 7.59. The van der Waals surface area contributed by atoms with Crippen LogP contribution < -0.4 is 11.1 Å². The first kappa shape index (κ1) is 15.3. The Bertz CT molecular complexity index is 565. The number of hydrogen-bond acceptors (Lipinski definition) is 3. The van der Waals surface area contributed by atoms with Crippen molar-refractivity contribution < 1.29 is 4.79 Å². The predicted molar refractivity (Wildman–Crippen MR) is 83.9 cm³/mol. The second-order valence-corrected chi connectivity index (χ2v) is 5.34. The molecule has 5 heteroatoms. The standard InChI is InChI=1S/C16H22N4O/c1-13(9-17)7-8-16(21)19-15-10-18-20(12-15)11-14-5-3-2-4-6-14/h2-6,10,12-13H,7-9,11,17H2,1H3,(H,19,21). The van der Waals surface area contributed by atoms with E-state index in [1.54, 1.807) is 6.20 Å². The summed E-state index contributed by atoms with van der Waals surface area (Å²) in [6, 6.07) is 10.1. The maximum absolute atomic E-state index is 11.8. The van der Waals surface area contributed by atoms with Crippen LogP contribution in [0.25, 0.3) is 0 Å². The van der Waals surface area contributed by atoms with Gasteiger partial charge in [0.15, 0.2) is 0 Å². The normalized spacial score (nSPS) is 12.1. The molecular weight excluding hydrogens is 264 g/mol. The van der Waals surface area contributed by atoms with Crippen LogP contribution in [0, 0.1) is 5.92 Å². The van der Waals surface area contributed by atoms with Gasteiger partial charge in [0.2, 0.25) is 5.91 Å². The number of carbonyl (C=O) groups is 1. The van der Waals surface area contributed by atoms with Gasteiger partial charge < -0.3 is 11.1 Å². The van der Waals surface area contributed by atoms with E-state index in [1.165, 1.54) is 5.56 Å². The van der Waals surface area contributed by atoms with E-state index in [-0.39, 0.29) is 5.91 Å². The summed E-state index contributed by atoms with van der Waals surface area (Å²) in [5.41, 5.74) is 7.45. The van der Waals surface area contributed by atoms with Gasteiger partial charge in [-0.2, -0.15) is 5.10 Å². The Hall–Kier alpha value is -2.14. The van der Waals surface area contributed by atoms with Gasteiger partial charge >= 0.3 is 0 Å². The summed E-state index contributed by atoms with van der Waals surface area (Å²) < 4.78 is 1.81. The molecule has 1 aromatic carbocycles. The first-order chi connectivity index (χ1) is 10.2. The summed E-state index contributed by atoms with van der Waals surface area (Å²) in [4.78, 5) is 11.8. The Balaban J connectivity index is 1.84. The molecule has 1 amide bonds. The van der Waals surface area contributed by atoms with Crippen LogP contribution in [0.3, 0.4) is 0 Å².